The Kier molecular flexibility index (Phi) is 5.04. The molecule has 0 spiro atoms. The molecule has 2 aromatic carbocycles. The minimum absolute atomic E-state index is 0.00590. The Morgan fingerprint density at radius 1 is 1.27 bits per heavy atom. The lowest BCUT2D eigenvalue weighted by Gasteiger charge is -2.14. The summed E-state index contributed by atoms with van der Waals surface area (Å²) >= 11 is 1.23. The van der Waals surface area contributed by atoms with E-state index in [1.807, 2.05) is 35.8 Å². The summed E-state index contributed by atoms with van der Waals surface area (Å²) in [6.07, 6.45) is 1.65. The maximum absolute atomic E-state index is 11.2. The lowest BCUT2D eigenvalue weighted by atomic mass is 10.1. The first-order chi connectivity index (χ1) is 12.5. The molecule has 3 aromatic rings. The third-order valence-corrected chi connectivity index (χ3v) is 4.76. The SMILES string of the molecule is Cc1ccccc1-n1c(-c2cccc([N+](=O)[O-])c2)cnc1SCC(N)=O. The molecule has 0 aliphatic carbocycles. The van der Waals surface area contributed by atoms with E-state index in [-0.39, 0.29) is 11.4 Å². The van der Waals surface area contributed by atoms with Crippen molar-refractivity contribution < 1.29 is 9.72 Å². The van der Waals surface area contributed by atoms with Gasteiger partial charge in [-0.3, -0.25) is 19.5 Å². The second kappa shape index (κ2) is 7.40. The highest BCUT2D eigenvalue weighted by molar-refractivity contribution is 7.99. The molecule has 8 heteroatoms. The molecule has 0 unspecified atom stereocenters. The molecule has 0 saturated carbocycles. The van der Waals surface area contributed by atoms with Gasteiger partial charge < -0.3 is 5.73 Å². The molecule has 3 rings (SSSR count). The summed E-state index contributed by atoms with van der Waals surface area (Å²) < 4.78 is 1.89. The van der Waals surface area contributed by atoms with Crippen LogP contribution in [0.2, 0.25) is 0 Å². The zero-order valence-corrected chi connectivity index (χ0v) is 14.8. The van der Waals surface area contributed by atoms with E-state index in [1.165, 1.54) is 23.9 Å². The van der Waals surface area contributed by atoms with Crippen molar-refractivity contribution in [3.63, 3.8) is 0 Å². The van der Waals surface area contributed by atoms with E-state index in [2.05, 4.69) is 4.98 Å². The van der Waals surface area contributed by atoms with Crippen LogP contribution >= 0.6 is 11.8 Å². The number of thioether (sulfide) groups is 1. The highest BCUT2D eigenvalue weighted by Gasteiger charge is 2.17. The van der Waals surface area contributed by atoms with E-state index in [1.54, 1.807) is 18.3 Å². The van der Waals surface area contributed by atoms with Crippen LogP contribution in [0.3, 0.4) is 0 Å². The van der Waals surface area contributed by atoms with Crippen molar-refractivity contribution in [2.24, 2.45) is 5.73 Å². The average molecular weight is 368 g/mol. The van der Waals surface area contributed by atoms with Gasteiger partial charge in [0.2, 0.25) is 5.91 Å². The third-order valence-electron chi connectivity index (χ3n) is 3.78. The first kappa shape index (κ1) is 17.7. The number of rotatable bonds is 6. The molecule has 0 aliphatic rings. The van der Waals surface area contributed by atoms with E-state index in [9.17, 15) is 14.9 Å². The number of nitro groups is 1. The third kappa shape index (κ3) is 3.60. The van der Waals surface area contributed by atoms with Crippen LogP contribution in [0.15, 0.2) is 59.9 Å². The first-order valence-corrected chi connectivity index (χ1v) is 8.75. The molecule has 0 aliphatic heterocycles. The maximum Gasteiger partial charge on any atom is 0.270 e. The highest BCUT2D eigenvalue weighted by Crippen LogP contribution is 2.32. The van der Waals surface area contributed by atoms with Crippen molar-refractivity contribution >= 4 is 23.4 Å². The van der Waals surface area contributed by atoms with E-state index in [0.29, 0.717) is 16.4 Å². The van der Waals surface area contributed by atoms with Crippen molar-refractivity contribution in [3.05, 3.63) is 70.4 Å². The monoisotopic (exact) mass is 368 g/mol. The second-order valence-electron chi connectivity index (χ2n) is 5.61. The molecule has 2 N–H and O–H groups in total. The number of nitro benzene ring substituents is 1. The lowest BCUT2D eigenvalue weighted by Crippen LogP contribution is -2.13. The second-order valence-corrected chi connectivity index (χ2v) is 6.55. The molecule has 26 heavy (non-hydrogen) atoms. The number of hydrogen-bond acceptors (Lipinski definition) is 5. The van der Waals surface area contributed by atoms with Gasteiger partial charge in [0.25, 0.3) is 5.69 Å². The lowest BCUT2D eigenvalue weighted by molar-refractivity contribution is -0.384. The van der Waals surface area contributed by atoms with Gasteiger partial charge >= 0.3 is 0 Å². The fourth-order valence-corrected chi connectivity index (χ4v) is 3.33. The van der Waals surface area contributed by atoms with Gasteiger partial charge in [-0.2, -0.15) is 0 Å². The van der Waals surface area contributed by atoms with Gasteiger partial charge in [-0.25, -0.2) is 4.98 Å². The summed E-state index contributed by atoms with van der Waals surface area (Å²) in [4.78, 5) is 26.3. The van der Waals surface area contributed by atoms with Gasteiger partial charge in [0, 0.05) is 17.7 Å². The van der Waals surface area contributed by atoms with Crippen molar-refractivity contribution in [2.75, 3.05) is 5.75 Å². The number of nitrogens with two attached hydrogens (primary N) is 1. The van der Waals surface area contributed by atoms with Gasteiger partial charge in [-0.15, -0.1) is 0 Å². The molecule has 1 heterocycles. The molecule has 0 saturated heterocycles. The summed E-state index contributed by atoms with van der Waals surface area (Å²) in [6, 6.07) is 14.1. The predicted octanol–water partition coefficient (Wildman–Crippen LogP) is 3.33. The largest absolute Gasteiger partial charge is 0.369 e. The van der Waals surface area contributed by atoms with Crippen LogP contribution in [0.1, 0.15) is 5.56 Å². The Hall–Kier alpha value is -3.13. The van der Waals surface area contributed by atoms with Crippen molar-refractivity contribution in [1.82, 2.24) is 9.55 Å². The molecule has 0 atom stereocenters. The Morgan fingerprint density at radius 2 is 2.04 bits per heavy atom. The molecule has 7 nitrogen and oxygen atoms in total. The van der Waals surface area contributed by atoms with E-state index >= 15 is 0 Å². The molecular formula is C18H16N4O3S. The van der Waals surface area contributed by atoms with Gasteiger partial charge in [-0.05, 0) is 18.6 Å². The standard InChI is InChI=1S/C18H16N4O3S/c1-12-5-2-3-8-15(12)21-16(10-20-18(21)26-11-17(19)23)13-6-4-7-14(9-13)22(24)25/h2-10H,11H2,1H3,(H2,19,23). The zero-order chi connectivity index (χ0) is 18.7. The molecule has 0 bridgehead atoms. The fraction of sp³-hybridized carbons (Fsp3) is 0.111. The highest BCUT2D eigenvalue weighted by atomic mass is 32.2. The minimum Gasteiger partial charge on any atom is -0.369 e. The summed E-state index contributed by atoms with van der Waals surface area (Å²) in [5.41, 5.74) is 8.53. The van der Waals surface area contributed by atoms with Crippen molar-refractivity contribution in [2.45, 2.75) is 12.1 Å². The van der Waals surface area contributed by atoms with Crippen LogP contribution < -0.4 is 5.73 Å². The topological polar surface area (TPSA) is 104 Å². The van der Waals surface area contributed by atoms with Crippen LogP contribution in [-0.4, -0.2) is 26.1 Å². The summed E-state index contributed by atoms with van der Waals surface area (Å²) in [5, 5.41) is 11.7. The average Bonchev–Trinajstić information content (AvgIpc) is 3.04. The van der Waals surface area contributed by atoms with Crippen molar-refractivity contribution in [3.8, 4) is 16.9 Å². The maximum atomic E-state index is 11.2. The van der Waals surface area contributed by atoms with Crippen LogP contribution in [0.5, 0.6) is 0 Å². The van der Waals surface area contributed by atoms with Crippen molar-refractivity contribution in [1.29, 1.82) is 0 Å². The van der Waals surface area contributed by atoms with Gasteiger partial charge in [0.1, 0.15) is 0 Å². The van der Waals surface area contributed by atoms with Crippen LogP contribution in [0, 0.1) is 17.0 Å². The molecule has 0 fully saturated rings. The normalized spacial score (nSPS) is 10.7. The quantitative estimate of drug-likeness (QED) is 0.408. The Morgan fingerprint density at radius 3 is 2.73 bits per heavy atom. The number of amides is 1. The zero-order valence-electron chi connectivity index (χ0n) is 14.0. The van der Waals surface area contributed by atoms with E-state index < -0.39 is 10.8 Å². The Labute approximate surface area is 154 Å². The predicted molar refractivity (Wildman–Crippen MR) is 100 cm³/mol. The van der Waals surface area contributed by atoms with E-state index in [4.69, 9.17) is 5.73 Å². The minimum atomic E-state index is -0.439. The number of carbonyl (C=O) groups is 1. The molecular weight excluding hydrogens is 352 g/mol. The first-order valence-electron chi connectivity index (χ1n) is 7.77. The number of non-ortho nitro benzene ring substituents is 1. The number of para-hydroxylation sites is 1. The molecule has 1 aromatic heterocycles. The number of primary amides is 1. The number of aromatic nitrogens is 2. The van der Waals surface area contributed by atoms with E-state index in [0.717, 1.165) is 11.3 Å². The van der Waals surface area contributed by atoms with Crippen LogP contribution in [0.4, 0.5) is 5.69 Å². The number of benzene rings is 2. The smallest absolute Gasteiger partial charge is 0.270 e. The summed E-state index contributed by atoms with van der Waals surface area (Å²) in [6.45, 7) is 1.97. The molecule has 132 valence electrons. The number of aryl methyl sites for hydroxylation is 1. The fourth-order valence-electron chi connectivity index (χ4n) is 2.60. The van der Waals surface area contributed by atoms with Gasteiger partial charge in [0.15, 0.2) is 5.16 Å². The van der Waals surface area contributed by atoms with Gasteiger partial charge in [0.05, 0.1) is 28.3 Å². The summed E-state index contributed by atoms with van der Waals surface area (Å²) in [7, 11) is 0. The molecule has 1 amide bonds. The van der Waals surface area contributed by atoms with Crippen LogP contribution in [-0.2, 0) is 4.79 Å². The number of carbonyl (C=O) groups excluding carboxylic acids is 1. The Balaban J connectivity index is 2.17. The number of imidazole rings is 1. The molecule has 0 radical (unpaired) electrons. The number of hydrogen-bond donors (Lipinski definition) is 1. The van der Waals surface area contributed by atoms with Crippen LogP contribution in [0.25, 0.3) is 16.9 Å². The van der Waals surface area contributed by atoms with Gasteiger partial charge in [-0.1, -0.05) is 42.1 Å². The Bertz CT molecular complexity index is 984. The summed E-state index contributed by atoms with van der Waals surface area (Å²) in [5.74, 6) is -0.344. The number of nitrogens with zero attached hydrogens (tertiary/aromatic N) is 3.